The highest BCUT2D eigenvalue weighted by Gasteiger charge is 2.35. The summed E-state index contributed by atoms with van der Waals surface area (Å²) in [4.78, 5) is 26.3. The fraction of sp³-hybridized carbons (Fsp3) is 0.200. The Morgan fingerprint density at radius 2 is 2.11 bits per heavy atom. The zero-order valence-corrected chi connectivity index (χ0v) is 15.8. The number of nitrogens with zero attached hydrogens (tertiary/aromatic N) is 1. The van der Waals surface area contributed by atoms with Gasteiger partial charge in [0.1, 0.15) is 11.6 Å². The molecule has 2 aliphatic rings. The first kappa shape index (κ1) is 18.1. The van der Waals surface area contributed by atoms with E-state index < -0.39 is 17.0 Å². The van der Waals surface area contributed by atoms with Crippen molar-refractivity contribution in [3.05, 3.63) is 68.8 Å². The summed E-state index contributed by atoms with van der Waals surface area (Å²) in [5.41, 5.74) is 2.05. The number of aryl methyl sites for hydroxylation is 1. The molecule has 0 atom stereocenters. The van der Waals surface area contributed by atoms with Crippen LogP contribution < -0.4 is 4.74 Å². The van der Waals surface area contributed by atoms with E-state index in [0.717, 1.165) is 46.4 Å². The predicted molar refractivity (Wildman–Crippen MR) is 103 cm³/mol. The third-order valence-electron chi connectivity index (χ3n) is 4.48. The van der Waals surface area contributed by atoms with Crippen LogP contribution in [0.25, 0.3) is 6.08 Å². The van der Waals surface area contributed by atoms with Gasteiger partial charge in [0.15, 0.2) is 0 Å². The van der Waals surface area contributed by atoms with E-state index >= 15 is 0 Å². The Balaban J connectivity index is 1.58. The van der Waals surface area contributed by atoms with Crippen molar-refractivity contribution in [1.82, 2.24) is 4.90 Å². The van der Waals surface area contributed by atoms with E-state index in [9.17, 15) is 14.0 Å². The van der Waals surface area contributed by atoms with E-state index in [1.54, 1.807) is 6.08 Å². The molecule has 7 heteroatoms. The van der Waals surface area contributed by atoms with Crippen molar-refractivity contribution in [1.29, 1.82) is 0 Å². The van der Waals surface area contributed by atoms with Gasteiger partial charge in [0, 0.05) is 10.6 Å². The minimum atomic E-state index is -0.541. The number of halogens is 2. The molecule has 0 spiro atoms. The molecule has 0 aliphatic carbocycles. The van der Waals surface area contributed by atoms with Crippen LogP contribution in [0.15, 0.2) is 41.3 Å². The smallest absolute Gasteiger partial charge is 0.293 e. The third kappa shape index (κ3) is 3.59. The van der Waals surface area contributed by atoms with Crippen molar-refractivity contribution in [3.8, 4) is 5.75 Å². The number of carbonyl (C=O) groups is 2. The Labute approximate surface area is 164 Å². The first-order chi connectivity index (χ1) is 13.0. The number of thioether (sulfide) groups is 1. The minimum Gasteiger partial charge on any atom is -0.493 e. The lowest BCUT2D eigenvalue weighted by Gasteiger charge is -2.17. The zero-order valence-electron chi connectivity index (χ0n) is 14.2. The second kappa shape index (κ2) is 7.37. The van der Waals surface area contributed by atoms with Crippen molar-refractivity contribution >= 4 is 40.6 Å². The molecule has 2 heterocycles. The molecule has 0 saturated carbocycles. The highest BCUT2D eigenvalue weighted by molar-refractivity contribution is 8.18. The molecule has 2 aliphatic heterocycles. The number of hydrogen-bond acceptors (Lipinski definition) is 4. The molecule has 0 bridgehead atoms. The Hall–Kier alpha value is -2.31. The topological polar surface area (TPSA) is 46.6 Å². The van der Waals surface area contributed by atoms with Gasteiger partial charge >= 0.3 is 0 Å². The lowest BCUT2D eigenvalue weighted by Crippen LogP contribution is -2.28. The van der Waals surface area contributed by atoms with Crippen LogP contribution in [-0.4, -0.2) is 22.7 Å². The largest absolute Gasteiger partial charge is 0.493 e. The van der Waals surface area contributed by atoms with Crippen LogP contribution in [-0.2, 0) is 17.8 Å². The summed E-state index contributed by atoms with van der Waals surface area (Å²) < 4.78 is 19.6. The highest BCUT2D eigenvalue weighted by atomic mass is 35.5. The number of hydrogen-bond donors (Lipinski definition) is 0. The van der Waals surface area contributed by atoms with Crippen LogP contribution >= 0.6 is 23.4 Å². The SMILES string of the molecule is O=C1SC(=Cc2ccc3c(c2)CCCO3)C(=O)N1Cc1c(F)cccc1Cl. The number of rotatable bonds is 3. The summed E-state index contributed by atoms with van der Waals surface area (Å²) in [5.74, 6) is -0.126. The monoisotopic (exact) mass is 403 g/mol. The first-order valence-electron chi connectivity index (χ1n) is 8.47. The number of amides is 2. The van der Waals surface area contributed by atoms with Gasteiger partial charge in [-0.2, -0.15) is 0 Å². The normalized spacial score (nSPS) is 18.0. The second-order valence-corrected chi connectivity index (χ2v) is 7.69. The maximum Gasteiger partial charge on any atom is 0.293 e. The van der Waals surface area contributed by atoms with E-state index in [2.05, 4.69) is 0 Å². The van der Waals surface area contributed by atoms with Crippen LogP contribution in [0.2, 0.25) is 5.02 Å². The van der Waals surface area contributed by atoms with E-state index in [1.807, 2.05) is 18.2 Å². The number of benzene rings is 2. The zero-order chi connectivity index (χ0) is 19.0. The summed E-state index contributed by atoms with van der Waals surface area (Å²) in [5, 5.41) is -0.250. The molecule has 4 rings (SSSR count). The van der Waals surface area contributed by atoms with Crippen LogP contribution in [0.5, 0.6) is 5.75 Å². The Morgan fingerprint density at radius 1 is 1.26 bits per heavy atom. The van der Waals surface area contributed by atoms with Crippen LogP contribution in [0.3, 0.4) is 0 Å². The summed E-state index contributed by atoms with van der Waals surface area (Å²) in [7, 11) is 0. The lowest BCUT2D eigenvalue weighted by molar-refractivity contribution is -0.123. The Bertz CT molecular complexity index is 955. The van der Waals surface area contributed by atoms with Gasteiger partial charge < -0.3 is 4.74 Å². The summed E-state index contributed by atoms with van der Waals surface area (Å²) >= 11 is 6.86. The molecular weight excluding hydrogens is 389 g/mol. The van der Waals surface area contributed by atoms with Gasteiger partial charge in [-0.1, -0.05) is 23.7 Å². The predicted octanol–water partition coefficient (Wildman–Crippen LogP) is 5.04. The third-order valence-corrected chi connectivity index (χ3v) is 5.74. The molecule has 0 radical (unpaired) electrons. The molecule has 2 amide bonds. The average Bonchev–Trinajstić information content (AvgIpc) is 2.91. The fourth-order valence-corrected chi connectivity index (χ4v) is 4.16. The summed E-state index contributed by atoms with van der Waals surface area (Å²) in [6, 6.07) is 9.97. The van der Waals surface area contributed by atoms with Gasteiger partial charge in [-0.15, -0.1) is 0 Å². The van der Waals surface area contributed by atoms with E-state index in [-0.39, 0.29) is 17.1 Å². The van der Waals surface area contributed by atoms with E-state index in [1.165, 1.54) is 18.2 Å². The van der Waals surface area contributed by atoms with Crippen molar-refractivity contribution in [3.63, 3.8) is 0 Å². The molecule has 0 aromatic heterocycles. The molecule has 1 saturated heterocycles. The molecule has 1 fully saturated rings. The Morgan fingerprint density at radius 3 is 2.93 bits per heavy atom. The molecule has 2 aromatic carbocycles. The van der Waals surface area contributed by atoms with Crippen LogP contribution in [0.4, 0.5) is 9.18 Å². The maximum atomic E-state index is 14.0. The highest BCUT2D eigenvalue weighted by Crippen LogP contribution is 2.35. The molecule has 0 N–H and O–H groups in total. The molecule has 2 aromatic rings. The van der Waals surface area contributed by atoms with Crippen molar-refractivity contribution in [2.24, 2.45) is 0 Å². The lowest BCUT2D eigenvalue weighted by atomic mass is 10.0. The number of carbonyl (C=O) groups excluding carboxylic acids is 2. The summed E-state index contributed by atoms with van der Waals surface area (Å²) in [6.07, 6.45) is 3.56. The molecule has 0 unspecified atom stereocenters. The average molecular weight is 404 g/mol. The maximum absolute atomic E-state index is 14.0. The molecule has 4 nitrogen and oxygen atoms in total. The van der Waals surface area contributed by atoms with Gasteiger partial charge in [-0.05, 0) is 66.1 Å². The Kier molecular flexibility index (Phi) is 4.93. The quantitative estimate of drug-likeness (QED) is 0.673. The molecule has 138 valence electrons. The number of fused-ring (bicyclic) bond motifs is 1. The van der Waals surface area contributed by atoms with Gasteiger partial charge in [-0.25, -0.2) is 4.39 Å². The second-order valence-electron chi connectivity index (χ2n) is 6.29. The molecular formula is C20H15ClFNO3S. The number of ether oxygens (including phenoxy) is 1. The van der Waals surface area contributed by atoms with Gasteiger partial charge in [0.2, 0.25) is 0 Å². The fourth-order valence-electron chi connectivity index (χ4n) is 3.10. The first-order valence-corrected chi connectivity index (χ1v) is 9.66. The van der Waals surface area contributed by atoms with Crippen LogP contribution in [0, 0.1) is 5.82 Å². The van der Waals surface area contributed by atoms with Crippen LogP contribution in [0.1, 0.15) is 23.1 Å². The van der Waals surface area contributed by atoms with E-state index in [4.69, 9.17) is 16.3 Å². The molecule has 27 heavy (non-hydrogen) atoms. The van der Waals surface area contributed by atoms with Gasteiger partial charge in [0.25, 0.3) is 11.1 Å². The van der Waals surface area contributed by atoms with Gasteiger partial charge in [-0.3, -0.25) is 14.5 Å². The van der Waals surface area contributed by atoms with Crippen molar-refractivity contribution < 1.29 is 18.7 Å². The minimum absolute atomic E-state index is 0.133. The van der Waals surface area contributed by atoms with E-state index in [0.29, 0.717) is 11.5 Å². The summed E-state index contributed by atoms with van der Waals surface area (Å²) in [6.45, 7) is 0.523. The number of imide groups is 1. The standard InChI is InChI=1S/C20H15ClFNO3S/c21-15-4-1-5-16(22)14(15)11-23-19(24)18(27-20(23)25)10-12-6-7-17-13(9-12)3-2-8-26-17/h1,4-7,9-10H,2-3,8,11H2. The van der Waals surface area contributed by atoms with Gasteiger partial charge in [0.05, 0.1) is 18.1 Å². The van der Waals surface area contributed by atoms with Crippen molar-refractivity contribution in [2.75, 3.05) is 6.61 Å². The van der Waals surface area contributed by atoms with Crippen molar-refractivity contribution in [2.45, 2.75) is 19.4 Å².